The van der Waals surface area contributed by atoms with Crippen LogP contribution < -0.4 is 0 Å². The highest BCUT2D eigenvalue weighted by atomic mass is 16.7. The van der Waals surface area contributed by atoms with Gasteiger partial charge in [-0.05, 0) is 13.8 Å². The van der Waals surface area contributed by atoms with E-state index in [1.165, 1.54) is 0 Å². The van der Waals surface area contributed by atoms with Gasteiger partial charge in [0.15, 0.2) is 0 Å². The van der Waals surface area contributed by atoms with E-state index < -0.39 is 17.7 Å². The summed E-state index contributed by atoms with van der Waals surface area (Å²) in [4.78, 5) is 23.0. The molecule has 0 radical (unpaired) electrons. The lowest BCUT2D eigenvalue weighted by molar-refractivity contribution is -0.226. The minimum absolute atomic E-state index is 0.266. The molecule has 0 saturated carbocycles. The van der Waals surface area contributed by atoms with Crippen molar-refractivity contribution in [1.82, 2.24) is 0 Å². The third-order valence-electron chi connectivity index (χ3n) is 2.33. The van der Waals surface area contributed by atoms with Crippen LogP contribution in [-0.4, -0.2) is 17.7 Å². The number of esters is 2. The van der Waals surface area contributed by atoms with Crippen molar-refractivity contribution in [2.75, 3.05) is 0 Å². The van der Waals surface area contributed by atoms with Gasteiger partial charge in [0, 0.05) is 24.0 Å². The van der Waals surface area contributed by atoms with Crippen molar-refractivity contribution in [3.63, 3.8) is 0 Å². The fourth-order valence-corrected chi connectivity index (χ4v) is 1.07. The van der Waals surface area contributed by atoms with E-state index in [4.69, 9.17) is 9.47 Å². The smallest absolute Gasteiger partial charge is 0.336 e. The topological polar surface area (TPSA) is 52.6 Å². The van der Waals surface area contributed by atoms with Gasteiger partial charge in [0.25, 0.3) is 5.79 Å². The van der Waals surface area contributed by atoms with Crippen molar-refractivity contribution in [2.24, 2.45) is 0 Å². The number of carbonyl (C=O) groups is 2. The van der Waals surface area contributed by atoms with Crippen LogP contribution in [-0.2, 0) is 19.1 Å². The summed E-state index contributed by atoms with van der Waals surface area (Å²) in [6, 6.07) is 0. The van der Waals surface area contributed by atoms with Crippen LogP contribution in [0, 0.1) is 0 Å². The Morgan fingerprint density at radius 3 is 1.41 bits per heavy atom. The standard InChI is InChI=1S/C13H20O4/c1-7-13(8-2,16-11(14)9(3)4)17-12(15)10(5)6/h3,5,7-8H2,1-2,4,6H3. The predicted octanol–water partition coefficient (Wildman–Crippen LogP) is 2.74. The van der Waals surface area contributed by atoms with Crippen LogP contribution in [0.4, 0.5) is 0 Å². The summed E-state index contributed by atoms with van der Waals surface area (Å²) in [7, 11) is 0. The molecule has 0 aromatic heterocycles. The Labute approximate surface area is 102 Å². The molecule has 0 bridgehead atoms. The maximum atomic E-state index is 11.5. The molecular weight excluding hydrogens is 220 g/mol. The minimum atomic E-state index is -1.23. The van der Waals surface area contributed by atoms with Crippen molar-refractivity contribution >= 4 is 11.9 Å². The molecule has 0 fully saturated rings. The summed E-state index contributed by atoms with van der Waals surface area (Å²) in [6.45, 7) is 13.6. The monoisotopic (exact) mass is 240 g/mol. The van der Waals surface area contributed by atoms with Gasteiger partial charge in [-0.25, -0.2) is 9.59 Å². The summed E-state index contributed by atoms with van der Waals surface area (Å²) in [6.07, 6.45) is 0.753. The molecule has 4 nitrogen and oxygen atoms in total. The zero-order chi connectivity index (χ0) is 13.6. The number of carbonyl (C=O) groups excluding carboxylic acids is 2. The van der Waals surface area contributed by atoms with Gasteiger partial charge in [0.2, 0.25) is 0 Å². The zero-order valence-electron chi connectivity index (χ0n) is 11.0. The van der Waals surface area contributed by atoms with E-state index in [1.807, 2.05) is 0 Å². The lowest BCUT2D eigenvalue weighted by Crippen LogP contribution is -2.39. The van der Waals surface area contributed by atoms with Gasteiger partial charge in [-0.3, -0.25) is 0 Å². The summed E-state index contributed by atoms with van der Waals surface area (Å²) in [5.41, 5.74) is 0.533. The van der Waals surface area contributed by atoms with Gasteiger partial charge in [0.1, 0.15) is 0 Å². The Hall–Kier alpha value is -1.58. The Balaban J connectivity index is 4.90. The molecule has 0 spiro atoms. The third kappa shape index (κ3) is 4.43. The summed E-state index contributed by atoms with van der Waals surface area (Å²) in [5, 5.41) is 0. The fraction of sp³-hybridized carbons (Fsp3) is 0.538. The first-order chi connectivity index (χ1) is 7.78. The summed E-state index contributed by atoms with van der Waals surface area (Å²) < 4.78 is 10.4. The van der Waals surface area contributed by atoms with E-state index in [0.717, 1.165) is 0 Å². The number of hydrogen-bond donors (Lipinski definition) is 0. The first kappa shape index (κ1) is 15.4. The van der Waals surface area contributed by atoms with Gasteiger partial charge < -0.3 is 9.47 Å². The fourth-order valence-electron chi connectivity index (χ4n) is 1.07. The molecular formula is C13H20O4. The number of ether oxygens (including phenoxy) is 2. The van der Waals surface area contributed by atoms with E-state index in [-0.39, 0.29) is 11.1 Å². The Morgan fingerprint density at radius 2 is 1.24 bits per heavy atom. The summed E-state index contributed by atoms with van der Waals surface area (Å²) in [5.74, 6) is -2.36. The second-order valence-electron chi connectivity index (χ2n) is 3.96. The molecule has 0 saturated heterocycles. The third-order valence-corrected chi connectivity index (χ3v) is 2.33. The first-order valence-electron chi connectivity index (χ1n) is 5.55. The van der Waals surface area contributed by atoms with E-state index in [0.29, 0.717) is 12.8 Å². The highest BCUT2D eigenvalue weighted by Gasteiger charge is 2.35. The normalized spacial score (nSPS) is 10.6. The molecule has 0 amide bonds. The van der Waals surface area contributed by atoms with E-state index in [1.54, 1.807) is 27.7 Å². The second kappa shape index (κ2) is 6.23. The predicted molar refractivity (Wildman–Crippen MR) is 65.1 cm³/mol. The molecule has 0 N–H and O–H groups in total. The second-order valence-corrected chi connectivity index (χ2v) is 3.96. The molecule has 17 heavy (non-hydrogen) atoms. The quantitative estimate of drug-likeness (QED) is 0.407. The molecule has 0 rings (SSSR count). The van der Waals surface area contributed by atoms with Crippen molar-refractivity contribution in [3.8, 4) is 0 Å². The van der Waals surface area contributed by atoms with Gasteiger partial charge >= 0.3 is 11.9 Å². The molecule has 0 aromatic carbocycles. The summed E-state index contributed by atoms with van der Waals surface area (Å²) >= 11 is 0. The van der Waals surface area contributed by atoms with Crippen LogP contribution in [0.15, 0.2) is 24.3 Å². The molecule has 0 aliphatic heterocycles. The zero-order valence-corrected chi connectivity index (χ0v) is 11.0. The lowest BCUT2D eigenvalue weighted by Gasteiger charge is -2.30. The average Bonchev–Trinajstić information content (AvgIpc) is 2.27. The Bertz CT molecular complexity index is 307. The van der Waals surface area contributed by atoms with Crippen LogP contribution >= 0.6 is 0 Å². The molecule has 0 aliphatic rings. The highest BCUT2D eigenvalue weighted by molar-refractivity contribution is 5.89. The maximum absolute atomic E-state index is 11.5. The van der Waals surface area contributed by atoms with E-state index >= 15 is 0 Å². The molecule has 0 aromatic rings. The molecule has 0 unspecified atom stereocenters. The van der Waals surface area contributed by atoms with Gasteiger partial charge in [-0.1, -0.05) is 27.0 Å². The molecule has 4 heteroatoms. The maximum Gasteiger partial charge on any atom is 0.336 e. The SMILES string of the molecule is C=C(C)C(=O)OC(CC)(CC)OC(=O)C(=C)C. The van der Waals surface area contributed by atoms with Crippen molar-refractivity contribution in [3.05, 3.63) is 24.3 Å². The Kier molecular flexibility index (Phi) is 5.65. The van der Waals surface area contributed by atoms with Crippen molar-refractivity contribution in [2.45, 2.75) is 46.3 Å². The Morgan fingerprint density at radius 1 is 0.941 bits per heavy atom. The molecule has 0 aliphatic carbocycles. The minimum Gasteiger partial charge on any atom is -0.419 e. The van der Waals surface area contributed by atoms with Crippen LogP contribution in [0.2, 0.25) is 0 Å². The average molecular weight is 240 g/mol. The van der Waals surface area contributed by atoms with Gasteiger partial charge in [-0.2, -0.15) is 0 Å². The van der Waals surface area contributed by atoms with Crippen molar-refractivity contribution in [1.29, 1.82) is 0 Å². The van der Waals surface area contributed by atoms with E-state index in [2.05, 4.69) is 13.2 Å². The molecule has 0 heterocycles. The molecule has 96 valence electrons. The van der Waals surface area contributed by atoms with Crippen LogP contribution in [0.25, 0.3) is 0 Å². The van der Waals surface area contributed by atoms with Crippen LogP contribution in [0.3, 0.4) is 0 Å². The number of rotatable bonds is 6. The van der Waals surface area contributed by atoms with Crippen molar-refractivity contribution < 1.29 is 19.1 Å². The van der Waals surface area contributed by atoms with Gasteiger partial charge in [0.05, 0.1) is 0 Å². The number of hydrogen-bond acceptors (Lipinski definition) is 4. The van der Waals surface area contributed by atoms with Gasteiger partial charge in [-0.15, -0.1) is 0 Å². The molecule has 0 atom stereocenters. The highest BCUT2D eigenvalue weighted by Crippen LogP contribution is 2.24. The first-order valence-corrected chi connectivity index (χ1v) is 5.55. The van der Waals surface area contributed by atoms with Crippen LogP contribution in [0.1, 0.15) is 40.5 Å². The van der Waals surface area contributed by atoms with E-state index in [9.17, 15) is 9.59 Å². The van der Waals surface area contributed by atoms with Crippen LogP contribution in [0.5, 0.6) is 0 Å². The largest absolute Gasteiger partial charge is 0.419 e. The lowest BCUT2D eigenvalue weighted by atomic mass is 10.1.